The second-order valence-corrected chi connectivity index (χ2v) is 10.2. The van der Waals surface area contributed by atoms with Crippen molar-refractivity contribution < 1.29 is 43.9 Å². The minimum Gasteiger partial charge on any atom is -0.204 e. The number of halogens is 10. The number of rotatable bonds is 5. The van der Waals surface area contributed by atoms with Gasteiger partial charge in [-0.05, 0) is 22.8 Å². The smallest absolute Gasteiger partial charge is 0.204 e. The Morgan fingerprint density at radius 3 is 1.08 bits per heavy atom. The third kappa shape index (κ3) is 4.84. The molecule has 0 radical (unpaired) electrons. The van der Waals surface area contributed by atoms with Crippen molar-refractivity contribution in [2.75, 3.05) is 0 Å². The molecule has 1 unspecified atom stereocenters. The van der Waals surface area contributed by atoms with Crippen molar-refractivity contribution in [2.45, 2.75) is 40.5 Å². The van der Waals surface area contributed by atoms with Crippen LogP contribution in [0.25, 0.3) is 0 Å². The van der Waals surface area contributed by atoms with Crippen molar-refractivity contribution in [1.82, 2.24) is 0 Å². The van der Waals surface area contributed by atoms with E-state index in [4.69, 9.17) is 0 Å². The molecule has 11 heteroatoms. The van der Waals surface area contributed by atoms with Gasteiger partial charge >= 0.3 is 0 Å². The van der Waals surface area contributed by atoms with Gasteiger partial charge in [0.05, 0.1) is 0 Å². The van der Waals surface area contributed by atoms with E-state index in [0.717, 1.165) is 12.1 Å². The molecule has 1 atom stereocenters. The topological polar surface area (TPSA) is 0 Å². The number of hydrogen-bond donors (Lipinski definition) is 0. The molecule has 198 valence electrons. The average molecular weight is 534 g/mol. The van der Waals surface area contributed by atoms with Crippen LogP contribution in [0, 0.1) is 69.5 Å². The first-order valence-electron chi connectivity index (χ1n) is 11.1. The van der Waals surface area contributed by atoms with Crippen molar-refractivity contribution in [2.24, 2.45) is 11.3 Å². The van der Waals surface area contributed by atoms with Gasteiger partial charge in [-0.1, -0.05) is 64.3 Å². The Bertz CT molecular complexity index is 1220. The van der Waals surface area contributed by atoms with Crippen molar-refractivity contribution in [3.8, 4) is 0 Å². The Morgan fingerprint density at radius 2 is 0.811 bits per heavy atom. The summed E-state index contributed by atoms with van der Waals surface area (Å²) in [5.74, 6) is -24.7. The number of benzene rings is 3. The van der Waals surface area contributed by atoms with E-state index in [-0.39, 0.29) is 17.3 Å². The van der Waals surface area contributed by atoms with Crippen LogP contribution in [-0.4, -0.2) is 6.71 Å². The summed E-state index contributed by atoms with van der Waals surface area (Å²) in [7, 11) is 0. The third-order valence-electron chi connectivity index (χ3n) is 6.29. The fourth-order valence-electron chi connectivity index (χ4n) is 5.01. The van der Waals surface area contributed by atoms with Gasteiger partial charge in [-0.2, -0.15) is 0 Å². The largest absolute Gasteiger partial charge is 0.257 e. The van der Waals surface area contributed by atoms with Gasteiger partial charge in [-0.25, -0.2) is 43.9 Å². The minimum absolute atomic E-state index is 0.0759. The lowest BCUT2D eigenvalue weighted by Crippen LogP contribution is -2.58. The van der Waals surface area contributed by atoms with E-state index in [1.54, 1.807) is 0 Å². The number of hydrogen-bond acceptors (Lipinski definition) is 0. The predicted octanol–water partition coefficient (Wildman–Crippen LogP) is 6.38. The first-order valence-corrected chi connectivity index (χ1v) is 11.1. The highest BCUT2D eigenvalue weighted by atomic mass is 19.2. The molecule has 0 aliphatic carbocycles. The monoisotopic (exact) mass is 534 g/mol. The fourth-order valence-corrected chi connectivity index (χ4v) is 5.01. The first kappa shape index (κ1) is 28.6. The standard InChI is InChI=1S/C26H21BF10/c1-10(2)13(26(3,4)5)11-6-8-12(9-7-11)27(14-16(28)20(32)24(36)21(33)17(14)29)15-18(30)22(34)25(37)23(35)19(15)31/h6-10,13H,1-5H3. The summed E-state index contributed by atoms with van der Waals surface area (Å²) in [6.45, 7) is 7.11. The average Bonchev–Trinajstić information content (AvgIpc) is 2.82. The lowest BCUT2D eigenvalue weighted by Gasteiger charge is -2.34. The molecule has 0 N–H and O–H groups in total. The van der Waals surface area contributed by atoms with Crippen molar-refractivity contribution in [1.29, 1.82) is 0 Å². The molecular weight excluding hydrogens is 513 g/mol. The summed E-state index contributed by atoms with van der Waals surface area (Å²) in [4.78, 5) is 0. The van der Waals surface area contributed by atoms with Crippen LogP contribution in [0.4, 0.5) is 43.9 Å². The Hall–Kier alpha value is -2.98. The second kappa shape index (κ2) is 10.1. The molecule has 3 rings (SSSR count). The Kier molecular flexibility index (Phi) is 7.77. The highest BCUT2D eigenvalue weighted by molar-refractivity contribution is 6.95. The van der Waals surface area contributed by atoms with E-state index < -0.39 is 81.3 Å². The van der Waals surface area contributed by atoms with Crippen LogP contribution < -0.4 is 16.4 Å². The molecule has 0 fully saturated rings. The van der Waals surface area contributed by atoms with Crippen molar-refractivity contribution in [3.05, 3.63) is 88.0 Å². The predicted molar refractivity (Wildman–Crippen MR) is 121 cm³/mol. The van der Waals surface area contributed by atoms with Gasteiger partial charge in [-0.15, -0.1) is 0 Å². The summed E-state index contributed by atoms with van der Waals surface area (Å²) in [6.07, 6.45) is 0. The summed E-state index contributed by atoms with van der Waals surface area (Å²) < 4.78 is 143. The molecule has 0 aliphatic heterocycles. The molecular formula is C26H21BF10. The van der Waals surface area contributed by atoms with Gasteiger partial charge in [0.1, 0.15) is 0 Å². The van der Waals surface area contributed by atoms with E-state index in [9.17, 15) is 43.9 Å². The van der Waals surface area contributed by atoms with Gasteiger partial charge in [0, 0.05) is 10.9 Å². The normalized spacial score (nSPS) is 12.9. The quantitative estimate of drug-likeness (QED) is 0.154. The maximum absolute atomic E-state index is 14.8. The van der Waals surface area contributed by atoms with Crippen LogP contribution in [0.3, 0.4) is 0 Å². The van der Waals surface area contributed by atoms with Gasteiger partial charge in [0.2, 0.25) is 0 Å². The Morgan fingerprint density at radius 1 is 0.514 bits per heavy atom. The summed E-state index contributed by atoms with van der Waals surface area (Å²) in [6, 6.07) is 5.01. The lowest BCUT2D eigenvalue weighted by molar-refractivity contribution is 0.258. The maximum Gasteiger partial charge on any atom is 0.257 e. The van der Waals surface area contributed by atoms with Crippen molar-refractivity contribution in [3.63, 3.8) is 0 Å². The van der Waals surface area contributed by atoms with E-state index in [1.165, 1.54) is 12.1 Å². The summed E-state index contributed by atoms with van der Waals surface area (Å²) in [5.41, 5.74) is -3.61. The zero-order valence-electron chi connectivity index (χ0n) is 20.3. The zero-order chi connectivity index (χ0) is 28.1. The molecule has 0 aromatic heterocycles. The molecule has 37 heavy (non-hydrogen) atoms. The highest BCUT2D eigenvalue weighted by Crippen LogP contribution is 2.40. The van der Waals surface area contributed by atoms with Crippen LogP contribution in [-0.2, 0) is 0 Å². The molecule has 3 aromatic carbocycles. The molecule has 0 bridgehead atoms. The van der Waals surface area contributed by atoms with Crippen LogP contribution in [0.5, 0.6) is 0 Å². The third-order valence-corrected chi connectivity index (χ3v) is 6.29. The Balaban J connectivity index is 2.41. The van der Waals surface area contributed by atoms with E-state index in [2.05, 4.69) is 0 Å². The highest BCUT2D eigenvalue weighted by Gasteiger charge is 2.41. The molecule has 0 heterocycles. The lowest BCUT2D eigenvalue weighted by atomic mass is 9.36. The molecule has 0 nitrogen and oxygen atoms in total. The van der Waals surface area contributed by atoms with E-state index in [1.807, 2.05) is 34.6 Å². The molecule has 0 saturated carbocycles. The van der Waals surface area contributed by atoms with E-state index >= 15 is 0 Å². The summed E-state index contributed by atoms with van der Waals surface area (Å²) >= 11 is 0. The van der Waals surface area contributed by atoms with Gasteiger partial charge in [0.15, 0.2) is 58.2 Å². The van der Waals surface area contributed by atoms with E-state index in [0.29, 0.717) is 5.56 Å². The van der Waals surface area contributed by atoms with Gasteiger partial charge in [-0.3, -0.25) is 0 Å². The molecule has 0 saturated heterocycles. The van der Waals surface area contributed by atoms with Crippen LogP contribution in [0.15, 0.2) is 24.3 Å². The zero-order valence-corrected chi connectivity index (χ0v) is 20.3. The van der Waals surface area contributed by atoms with Crippen molar-refractivity contribution >= 4 is 23.1 Å². The maximum atomic E-state index is 14.8. The summed E-state index contributed by atoms with van der Waals surface area (Å²) in [5, 5.41) is 0. The molecule has 3 aromatic rings. The second-order valence-electron chi connectivity index (χ2n) is 10.2. The molecule has 0 spiro atoms. The first-order chi connectivity index (χ1) is 17.0. The van der Waals surface area contributed by atoms with Gasteiger partial charge < -0.3 is 0 Å². The minimum atomic E-state index is -2.57. The fraction of sp³-hybridized carbons (Fsp3) is 0.308. The van der Waals surface area contributed by atoms with Crippen LogP contribution in [0.1, 0.15) is 46.1 Å². The SMILES string of the molecule is CC(C)C(c1ccc(B(c2c(F)c(F)c(F)c(F)c2F)c2c(F)c(F)c(F)c(F)c2F)cc1)C(C)(C)C. The van der Waals surface area contributed by atoms with Gasteiger partial charge in [0.25, 0.3) is 6.71 Å². The van der Waals surface area contributed by atoms with Crippen LogP contribution in [0.2, 0.25) is 0 Å². The molecule has 0 amide bonds. The molecule has 0 aliphatic rings. The van der Waals surface area contributed by atoms with Crippen LogP contribution >= 0.6 is 0 Å². The Labute approximate surface area is 207 Å².